The number of amides is 1. The fourth-order valence-corrected chi connectivity index (χ4v) is 3.30. The predicted octanol–water partition coefficient (Wildman–Crippen LogP) is 2.95. The molecule has 1 aliphatic rings. The van der Waals surface area contributed by atoms with Gasteiger partial charge < -0.3 is 15.2 Å². The number of carbonyl (C=O) groups is 1. The van der Waals surface area contributed by atoms with Crippen LogP contribution in [0.5, 0.6) is 0 Å². The van der Waals surface area contributed by atoms with E-state index in [1.165, 1.54) is 0 Å². The quantitative estimate of drug-likeness (QED) is 0.694. The number of halogens is 2. The number of nitrogens with zero attached hydrogens (tertiary/aromatic N) is 3. The number of aromatic nitrogens is 3. The van der Waals surface area contributed by atoms with Crippen LogP contribution < -0.4 is 10.6 Å². The summed E-state index contributed by atoms with van der Waals surface area (Å²) in [5, 5.41) is 15.3. The summed E-state index contributed by atoms with van der Waals surface area (Å²) in [6.07, 6.45) is 0. The molecule has 1 amide bonds. The van der Waals surface area contributed by atoms with E-state index in [2.05, 4.69) is 20.9 Å². The molecule has 2 aromatic heterocycles. The number of hydrogen-bond acceptors (Lipinski definition) is 5. The Labute approximate surface area is 167 Å². The Bertz CT molecular complexity index is 943. The topological polar surface area (TPSA) is 85.0 Å². The van der Waals surface area contributed by atoms with E-state index in [4.69, 9.17) is 16.1 Å². The van der Waals surface area contributed by atoms with Gasteiger partial charge in [0.15, 0.2) is 0 Å². The lowest BCUT2D eigenvalue weighted by molar-refractivity contribution is 0.0949. The third kappa shape index (κ3) is 3.85. The molecule has 0 fully saturated rings. The molecule has 27 heavy (non-hydrogen) atoms. The minimum atomic E-state index is -0.261. The molecule has 0 unspecified atom stereocenters. The van der Waals surface area contributed by atoms with Crippen LogP contribution in [-0.2, 0) is 19.6 Å². The van der Waals surface area contributed by atoms with Crippen LogP contribution in [0.2, 0.25) is 5.02 Å². The van der Waals surface area contributed by atoms with E-state index in [0.717, 1.165) is 31.0 Å². The first-order valence-corrected chi connectivity index (χ1v) is 8.77. The number of aryl methyl sites for hydroxylation is 1. The van der Waals surface area contributed by atoms with Crippen molar-refractivity contribution in [2.24, 2.45) is 0 Å². The van der Waals surface area contributed by atoms with Crippen molar-refractivity contribution in [3.63, 3.8) is 0 Å². The molecule has 0 atom stereocenters. The minimum Gasteiger partial charge on any atom is -0.360 e. The Morgan fingerprint density at radius 3 is 3.00 bits per heavy atom. The number of nitrogens with one attached hydrogen (secondary N) is 2. The van der Waals surface area contributed by atoms with Gasteiger partial charge in [-0.3, -0.25) is 9.48 Å². The van der Waals surface area contributed by atoms with Crippen molar-refractivity contribution in [2.75, 3.05) is 6.54 Å². The molecule has 3 heterocycles. The summed E-state index contributed by atoms with van der Waals surface area (Å²) >= 11 is 6.24. The van der Waals surface area contributed by atoms with Crippen molar-refractivity contribution in [3.05, 3.63) is 58.1 Å². The first-order chi connectivity index (χ1) is 12.6. The predicted molar refractivity (Wildman–Crippen MR) is 104 cm³/mol. The van der Waals surface area contributed by atoms with E-state index in [9.17, 15) is 4.79 Å². The number of rotatable bonds is 4. The lowest BCUT2D eigenvalue weighted by Crippen LogP contribution is -2.28. The van der Waals surface area contributed by atoms with Gasteiger partial charge in [-0.2, -0.15) is 5.10 Å². The van der Waals surface area contributed by atoms with E-state index in [-0.39, 0.29) is 18.3 Å². The average Bonchev–Trinajstić information content (AvgIpc) is 3.23. The normalized spacial score (nSPS) is 13.0. The van der Waals surface area contributed by atoms with Crippen molar-refractivity contribution >= 4 is 29.9 Å². The van der Waals surface area contributed by atoms with Crippen LogP contribution in [-0.4, -0.2) is 27.4 Å². The van der Waals surface area contributed by atoms with E-state index < -0.39 is 0 Å². The molecule has 2 N–H and O–H groups in total. The largest absolute Gasteiger partial charge is 0.360 e. The van der Waals surface area contributed by atoms with Crippen LogP contribution in [0.4, 0.5) is 0 Å². The van der Waals surface area contributed by atoms with Crippen molar-refractivity contribution < 1.29 is 9.32 Å². The summed E-state index contributed by atoms with van der Waals surface area (Å²) in [7, 11) is 0. The molecule has 142 valence electrons. The van der Waals surface area contributed by atoms with Gasteiger partial charge in [-0.1, -0.05) is 35.0 Å². The Kier molecular flexibility index (Phi) is 5.84. The van der Waals surface area contributed by atoms with Crippen LogP contribution in [0.15, 0.2) is 34.9 Å². The Morgan fingerprint density at radius 1 is 1.41 bits per heavy atom. The Hall–Kier alpha value is -2.35. The fraction of sp³-hybridized carbons (Fsp3) is 0.278. The van der Waals surface area contributed by atoms with Crippen molar-refractivity contribution in [3.8, 4) is 11.3 Å². The van der Waals surface area contributed by atoms with Crippen molar-refractivity contribution in [2.45, 2.75) is 26.6 Å². The summed E-state index contributed by atoms with van der Waals surface area (Å²) in [6, 6.07) is 9.24. The Morgan fingerprint density at radius 2 is 2.22 bits per heavy atom. The van der Waals surface area contributed by atoms with Crippen LogP contribution in [0.3, 0.4) is 0 Å². The third-order valence-electron chi connectivity index (χ3n) is 4.37. The lowest BCUT2D eigenvalue weighted by atomic mass is 10.1. The van der Waals surface area contributed by atoms with Crippen molar-refractivity contribution in [1.29, 1.82) is 0 Å². The summed E-state index contributed by atoms with van der Waals surface area (Å²) in [5.74, 6) is 0.188. The first kappa shape index (κ1) is 19.4. The Balaban J connectivity index is 0.00000210. The second-order valence-corrected chi connectivity index (χ2v) is 6.56. The van der Waals surface area contributed by atoms with Gasteiger partial charge in [-0.05, 0) is 19.1 Å². The molecular weight excluding hydrogens is 389 g/mol. The maximum absolute atomic E-state index is 12.7. The number of fused-ring (bicyclic) bond motifs is 1. The second-order valence-electron chi connectivity index (χ2n) is 6.15. The molecule has 0 aliphatic carbocycles. The summed E-state index contributed by atoms with van der Waals surface area (Å²) in [5.41, 5.74) is 3.45. The highest BCUT2D eigenvalue weighted by molar-refractivity contribution is 6.33. The van der Waals surface area contributed by atoms with Crippen molar-refractivity contribution in [1.82, 2.24) is 25.6 Å². The van der Waals surface area contributed by atoms with Gasteiger partial charge in [0.2, 0.25) is 0 Å². The number of carbonyl (C=O) groups excluding carboxylic acids is 1. The monoisotopic (exact) mass is 407 g/mol. The van der Waals surface area contributed by atoms with Gasteiger partial charge in [-0.15, -0.1) is 12.4 Å². The molecule has 3 aromatic rings. The zero-order valence-corrected chi connectivity index (χ0v) is 16.2. The number of benzene rings is 1. The van der Waals surface area contributed by atoms with E-state index in [0.29, 0.717) is 34.1 Å². The smallest absolute Gasteiger partial charge is 0.257 e. The molecule has 1 aliphatic heterocycles. The minimum absolute atomic E-state index is 0. The summed E-state index contributed by atoms with van der Waals surface area (Å²) in [6.45, 7) is 4.59. The number of hydrogen-bond donors (Lipinski definition) is 2. The standard InChI is InChI=1S/C18H18ClN5O2.ClH/c1-11-16(17(23-26-11)14-4-2-3-5-15(14)19)18(25)21-9-12-8-13-10-20-6-7-24(13)22-12;/h2-5,8,20H,6-7,9-10H2,1H3,(H,21,25);1H. The SMILES string of the molecule is Cc1onc(-c2ccccc2Cl)c1C(=O)NCc1cc2n(n1)CCNC2.Cl. The van der Waals surface area contributed by atoms with Crippen LogP contribution >= 0.6 is 24.0 Å². The molecule has 0 radical (unpaired) electrons. The highest BCUT2D eigenvalue weighted by Crippen LogP contribution is 2.30. The van der Waals surface area contributed by atoms with Gasteiger partial charge in [0.05, 0.1) is 29.5 Å². The van der Waals surface area contributed by atoms with E-state index in [1.807, 2.05) is 28.9 Å². The highest BCUT2D eigenvalue weighted by Gasteiger charge is 2.23. The van der Waals surface area contributed by atoms with E-state index >= 15 is 0 Å². The molecule has 0 bridgehead atoms. The van der Waals surface area contributed by atoms with E-state index in [1.54, 1.807) is 13.0 Å². The molecule has 0 saturated carbocycles. The second kappa shape index (κ2) is 8.12. The highest BCUT2D eigenvalue weighted by atomic mass is 35.5. The lowest BCUT2D eigenvalue weighted by Gasteiger charge is -2.13. The first-order valence-electron chi connectivity index (χ1n) is 8.39. The fourth-order valence-electron chi connectivity index (χ4n) is 3.07. The molecule has 7 nitrogen and oxygen atoms in total. The maximum atomic E-state index is 12.7. The van der Waals surface area contributed by atoms with Gasteiger partial charge in [0.25, 0.3) is 5.91 Å². The molecule has 0 spiro atoms. The molecule has 1 aromatic carbocycles. The summed E-state index contributed by atoms with van der Waals surface area (Å²) in [4.78, 5) is 12.7. The van der Waals surface area contributed by atoms with Gasteiger partial charge in [-0.25, -0.2) is 0 Å². The zero-order valence-electron chi connectivity index (χ0n) is 14.7. The zero-order chi connectivity index (χ0) is 18.1. The molecule has 0 saturated heterocycles. The molecular formula is C18H19Cl2N5O2. The third-order valence-corrected chi connectivity index (χ3v) is 4.70. The molecule has 4 rings (SSSR count). The summed E-state index contributed by atoms with van der Waals surface area (Å²) < 4.78 is 7.22. The van der Waals surface area contributed by atoms with Crippen LogP contribution in [0.25, 0.3) is 11.3 Å². The molecule has 9 heteroatoms. The van der Waals surface area contributed by atoms with Gasteiger partial charge >= 0.3 is 0 Å². The van der Waals surface area contributed by atoms with Crippen LogP contribution in [0.1, 0.15) is 27.5 Å². The van der Waals surface area contributed by atoms with Gasteiger partial charge in [0.1, 0.15) is 17.0 Å². The maximum Gasteiger partial charge on any atom is 0.257 e. The van der Waals surface area contributed by atoms with Gasteiger partial charge in [0, 0.05) is 18.7 Å². The average molecular weight is 408 g/mol. The van der Waals surface area contributed by atoms with Crippen LogP contribution in [0, 0.1) is 6.92 Å².